The number of carbonyl (C=O) groups excluding carboxylic acids is 1. The first-order valence-corrected chi connectivity index (χ1v) is 5.82. The van der Waals surface area contributed by atoms with Crippen molar-refractivity contribution >= 4 is 5.91 Å². The van der Waals surface area contributed by atoms with Gasteiger partial charge in [-0.25, -0.2) is 0 Å². The Morgan fingerprint density at radius 3 is 2.56 bits per heavy atom. The first-order chi connectivity index (χ1) is 8.75. The molecule has 92 valence electrons. The summed E-state index contributed by atoms with van der Waals surface area (Å²) in [6.07, 6.45) is 0.835. The molecule has 0 saturated heterocycles. The Hall–Kier alpha value is -2.29. The Morgan fingerprint density at radius 2 is 1.83 bits per heavy atom. The summed E-state index contributed by atoms with van der Waals surface area (Å²) in [5.41, 5.74) is 6.90. The van der Waals surface area contributed by atoms with Crippen LogP contribution in [0.25, 0.3) is 0 Å². The molecule has 3 heteroatoms. The molecule has 2 N–H and O–H groups in total. The van der Waals surface area contributed by atoms with Gasteiger partial charge in [0.25, 0.3) is 0 Å². The van der Waals surface area contributed by atoms with E-state index in [4.69, 9.17) is 10.5 Å². The molecule has 0 aliphatic heterocycles. The molecule has 0 fully saturated rings. The molecule has 0 atom stereocenters. The Bertz CT molecular complexity index is 523. The number of hydrogen-bond donors (Lipinski definition) is 1. The van der Waals surface area contributed by atoms with Crippen LogP contribution in [0.5, 0.6) is 5.75 Å². The van der Waals surface area contributed by atoms with Crippen LogP contribution >= 0.6 is 0 Å². The zero-order valence-corrected chi connectivity index (χ0v) is 10.0. The minimum Gasteiger partial charge on any atom is -0.493 e. The molecule has 0 bridgehead atoms. The molecule has 3 nitrogen and oxygen atoms in total. The molecule has 2 rings (SSSR count). The molecule has 0 saturated carbocycles. The molecule has 0 spiro atoms. The average Bonchev–Trinajstić information content (AvgIpc) is 2.40. The van der Waals surface area contributed by atoms with Gasteiger partial charge in [-0.15, -0.1) is 0 Å². The first-order valence-electron chi connectivity index (χ1n) is 5.82. The monoisotopic (exact) mass is 241 g/mol. The van der Waals surface area contributed by atoms with Gasteiger partial charge in [0.05, 0.1) is 6.61 Å². The number of primary amides is 1. The first kappa shape index (κ1) is 12.2. The molecular weight excluding hydrogens is 226 g/mol. The van der Waals surface area contributed by atoms with E-state index in [1.165, 1.54) is 5.56 Å². The van der Waals surface area contributed by atoms with Gasteiger partial charge in [0.2, 0.25) is 5.91 Å². The zero-order valence-electron chi connectivity index (χ0n) is 10.0. The molecule has 0 aromatic heterocycles. The van der Waals surface area contributed by atoms with Gasteiger partial charge in [0.15, 0.2) is 0 Å². The van der Waals surface area contributed by atoms with Crippen LogP contribution < -0.4 is 10.5 Å². The fraction of sp³-hybridized carbons (Fsp3) is 0.133. The van der Waals surface area contributed by atoms with Crippen molar-refractivity contribution in [2.24, 2.45) is 5.73 Å². The summed E-state index contributed by atoms with van der Waals surface area (Å²) < 4.78 is 5.59. The maximum Gasteiger partial charge on any atom is 0.248 e. The molecule has 0 radical (unpaired) electrons. The van der Waals surface area contributed by atoms with E-state index in [-0.39, 0.29) is 0 Å². The van der Waals surface area contributed by atoms with Gasteiger partial charge in [-0.1, -0.05) is 36.4 Å². The maximum atomic E-state index is 11.0. The number of carbonyl (C=O) groups is 1. The van der Waals surface area contributed by atoms with Gasteiger partial charge in [-0.05, 0) is 23.8 Å². The quantitative estimate of drug-likeness (QED) is 0.874. The highest BCUT2D eigenvalue weighted by molar-refractivity contribution is 5.93. The van der Waals surface area contributed by atoms with Crippen molar-refractivity contribution in [1.29, 1.82) is 0 Å². The van der Waals surface area contributed by atoms with Crippen LogP contribution in [0.3, 0.4) is 0 Å². The van der Waals surface area contributed by atoms with Gasteiger partial charge in [0, 0.05) is 12.0 Å². The van der Waals surface area contributed by atoms with Gasteiger partial charge in [-0.3, -0.25) is 4.79 Å². The lowest BCUT2D eigenvalue weighted by atomic mass is 10.2. The lowest BCUT2D eigenvalue weighted by Crippen LogP contribution is -2.11. The summed E-state index contributed by atoms with van der Waals surface area (Å²) in [4.78, 5) is 11.0. The zero-order chi connectivity index (χ0) is 12.8. The molecule has 0 aliphatic carbocycles. The maximum absolute atomic E-state index is 11.0. The largest absolute Gasteiger partial charge is 0.493 e. The van der Waals surface area contributed by atoms with Crippen LogP contribution in [0.2, 0.25) is 0 Å². The number of hydrogen-bond acceptors (Lipinski definition) is 2. The molecule has 0 unspecified atom stereocenters. The number of nitrogens with two attached hydrogens (primary N) is 1. The highest BCUT2D eigenvalue weighted by Gasteiger charge is 2.01. The van der Waals surface area contributed by atoms with E-state index in [9.17, 15) is 4.79 Å². The topological polar surface area (TPSA) is 52.3 Å². The van der Waals surface area contributed by atoms with Crippen LogP contribution in [0.4, 0.5) is 0 Å². The third-order valence-electron chi connectivity index (χ3n) is 2.62. The number of benzene rings is 2. The summed E-state index contributed by atoms with van der Waals surface area (Å²) in [5, 5.41) is 0. The van der Waals surface area contributed by atoms with Crippen molar-refractivity contribution in [3.63, 3.8) is 0 Å². The van der Waals surface area contributed by atoms with Crippen LogP contribution in [0.1, 0.15) is 15.9 Å². The lowest BCUT2D eigenvalue weighted by molar-refractivity contribution is 0.1000. The SMILES string of the molecule is NC(=O)c1cccc(OCCc2ccccc2)c1. The van der Waals surface area contributed by atoms with E-state index in [1.807, 2.05) is 24.3 Å². The third-order valence-corrected chi connectivity index (χ3v) is 2.62. The van der Waals surface area contributed by atoms with Gasteiger partial charge < -0.3 is 10.5 Å². The average molecular weight is 241 g/mol. The minimum atomic E-state index is -0.441. The molecule has 2 aromatic rings. The number of ether oxygens (including phenoxy) is 1. The van der Waals surface area contributed by atoms with Crippen molar-refractivity contribution < 1.29 is 9.53 Å². The Kier molecular flexibility index (Phi) is 3.97. The van der Waals surface area contributed by atoms with Gasteiger partial charge >= 0.3 is 0 Å². The standard InChI is InChI=1S/C15H15NO2/c16-15(17)13-7-4-8-14(11-13)18-10-9-12-5-2-1-3-6-12/h1-8,11H,9-10H2,(H2,16,17). The van der Waals surface area contributed by atoms with Crippen LogP contribution in [0, 0.1) is 0 Å². The minimum absolute atomic E-state index is 0.441. The fourth-order valence-corrected chi connectivity index (χ4v) is 1.67. The van der Waals surface area contributed by atoms with Crippen LogP contribution in [-0.4, -0.2) is 12.5 Å². The molecule has 0 heterocycles. The van der Waals surface area contributed by atoms with Crippen molar-refractivity contribution in [2.45, 2.75) is 6.42 Å². The van der Waals surface area contributed by atoms with Crippen molar-refractivity contribution in [3.8, 4) is 5.75 Å². The number of amides is 1. The Morgan fingerprint density at radius 1 is 1.06 bits per heavy atom. The van der Waals surface area contributed by atoms with Crippen molar-refractivity contribution in [2.75, 3.05) is 6.61 Å². The van der Waals surface area contributed by atoms with E-state index in [0.29, 0.717) is 17.9 Å². The molecule has 0 aliphatic rings. The highest BCUT2D eigenvalue weighted by atomic mass is 16.5. The summed E-state index contributed by atoms with van der Waals surface area (Å²) in [7, 11) is 0. The molecule has 18 heavy (non-hydrogen) atoms. The van der Waals surface area contributed by atoms with E-state index >= 15 is 0 Å². The van der Waals surface area contributed by atoms with E-state index in [2.05, 4.69) is 12.1 Å². The third kappa shape index (κ3) is 3.35. The van der Waals surface area contributed by atoms with Gasteiger partial charge in [-0.2, -0.15) is 0 Å². The predicted octanol–water partition coefficient (Wildman–Crippen LogP) is 2.41. The van der Waals surface area contributed by atoms with Crippen LogP contribution in [-0.2, 0) is 6.42 Å². The second kappa shape index (κ2) is 5.87. The summed E-state index contributed by atoms with van der Waals surface area (Å²) in [6, 6.07) is 17.0. The predicted molar refractivity (Wildman–Crippen MR) is 70.6 cm³/mol. The molecule has 2 aromatic carbocycles. The molecule has 1 amide bonds. The van der Waals surface area contributed by atoms with Crippen LogP contribution in [0.15, 0.2) is 54.6 Å². The van der Waals surface area contributed by atoms with Crippen molar-refractivity contribution in [3.05, 3.63) is 65.7 Å². The Labute approximate surface area is 106 Å². The summed E-state index contributed by atoms with van der Waals surface area (Å²) in [5.74, 6) is 0.228. The van der Waals surface area contributed by atoms with Gasteiger partial charge in [0.1, 0.15) is 5.75 Å². The Balaban J connectivity index is 1.90. The normalized spacial score (nSPS) is 10.0. The van der Waals surface area contributed by atoms with E-state index in [1.54, 1.807) is 18.2 Å². The smallest absolute Gasteiger partial charge is 0.248 e. The second-order valence-corrected chi connectivity index (χ2v) is 3.98. The summed E-state index contributed by atoms with van der Waals surface area (Å²) >= 11 is 0. The number of rotatable bonds is 5. The molecular formula is C15H15NO2. The lowest BCUT2D eigenvalue weighted by Gasteiger charge is -2.07. The van der Waals surface area contributed by atoms with E-state index in [0.717, 1.165) is 6.42 Å². The van der Waals surface area contributed by atoms with E-state index < -0.39 is 5.91 Å². The second-order valence-electron chi connectivity index (χ2n) is 3.98. The van der Waals surface area contributed by atoms with Crippen molar-refractivity contribution in [1.82, 2.24) is 0 Å². The summed E-state index contributed by atoms with van der Waals surface area (Å²) in [6.45, 7) is 0.576. The highest BCUT2D eigenvalue weighted by Crippen LogP contribution is 2.13. The fourth-order valence-electron chi connectivity index (χ4n) is 1.67.